The molecule has 0 fully saturated rings. The molecule has 4 heteroatoms. The van der Waals surface area contributed by atoms with Crippen molar-refractivity contribution in [3.05, 3.63) is 52.3 Å². The summed E-state index contributed by atoms with van der Waals surface area (Å²) >= 11 is 1.73. The monoisotopic (exact) mass is 269 g/mol. The van der Waals surface area contributed by atoms with Gasteiger partial charge in [-0.25, -0.2) is 0 Å². The number of pyridine rings is 1. The van der Waals surface area contributed by atoms with Crippen molar-refractivity contribution in [2.24, 2.45) is 0 Å². The summed E-state index contributed by atoms with van der Waals surface area (Å²) in [6, 6.07) is 7.89. The number of hydrogen-bond acceptors (Lipinski definition) is 4. The van der Waals surface area contributed by atoms with Gasteiger partial charge in [-0.2, -0.15) is 11.3 Å². The predicted octanol–water partition coefficient (Wildman–Crippen LogP) is 3.80. The quantitative estimate of drug-likeness (QED) is 0.711. The van der Waals surface area contributed by atoms with E-state index in [1.165, 1.54) is 11.1 Å². The summed E-state index contributed by atoms with van der Waals surface area (Å²) < 4.78 is 0. The van der Waals surface area contributed by atoms with Crippen molar-refractivity contribution in [1.29, 1.82) is 0 Å². The van der Waals surface area contributed by atoms with Crippen molar-refractivity contribution in [2.75, 3.05) is 11.1 Å². The first-order chi connectivity index (χ1) is 9.25. The van der Waals surface area contributed by atoms with Gasteiger partial charge in [-0.15, -0.1) is 0 Å². The molecule has 2 heterocycles. The van der Waals surface area contributed by atoms with E-state index < -0.39 is 0 Å². The van der Waals surface area contributed by atoms with Crippen molar-refractivity contribution >= 4 is 33.6 Å². The fourth-order valence-corrected chi connectivity index (χ4v) is 2.94. The summed E-state index contributed by atoms with van der Waals surface area (Å²) in [5.41, 5.74) is 11.5. The molecule has 3 aromatic rings. The lowest BCUT2D eigenvalue weighted by atomic mass is 10.1. The van der Waals surface area contributed by atoms with E-state index in [4.69, 9.17) is 5.73 Å². The Bertz CT molecular complexity index is 718. The Balaban J connectivity index is 1.89. The third-order valence-electron chi connectivity index (χ3n) is 3.26. The SMILES string of the molecule is Cc1cscc1CNc1ccc2ncccc2c1N. The van der Waals surface area contributed by atoms with Gasteiger partial charge >= 0.3 is 0 Å². The number of nitrogens with zero attached hydrogens (tertiary/aromatic N) is 1. The molecule has 2 aromatic heterocycles. The highest BCUT2D eigenvalue weighted by Gasteiger charge is 2.05. The standard InChI is InChI=1S/C15H15N3S/c1-10-8-19-9-11(10)7-18-14-5-4-13-12(15(14)16)3-2-6-17-13/h2-6,8-9,18H,7,16H2,1H3. The van der Waals surface area contributed by atoms with Crippen LogP contribution in [0.5, 0.6) is 0 Å². The molecule has 3 rings (SSSR count). The number of fused-ring (bicyclic) bond motifs is 1. The number of aryl methyl sites for hydroxylation is 1. The van der Waals surface area contributed by atoms with Gasteiger partial charge in [0.2, 0.25) is 0 Å². The molecule has 0 radical (unpaired) electrons. The second kappa shape index (κ2) is 4.90. The van der Waals surface area contributed by atoms with Gasteiger partial charge in [0.15, 0.2) is 0 Å². The fourth-order valence-electron chi connectivity index (χ4n) is 2.09. The molecule has 1 aromatic carbocycles. The number of aromatic nitrogens is 1. The Kier molecular flexibility index (Phi) is 3.09. The van der Waals surface area contributed by atoms with E-state index in [1.54, 1.807) is 17.5 Å². The summed E-state index contributed by atoms with van der Waals surface area (Å²) in [6.07, 6.45) is 1.78. The van der Waals surface area contributed by atoms with Crippen LogP contribution in [-0.4, -0.2) is 4.98 Å². The second-order valence-electron chi connectivity index (χ2n) is 4.53. The number of hydrogen-bond donors (Lipinski definition) is 2. The first-order valence-electron chi connectivity index (χ1n) is 6.14. The molecule has 0 amide bonds. The van der Waals surface area contributed by atoms with Gasteiger partial charge in [0.05, 0.1) is 16.9 Å². The van der Waals surface area contributed by atoms with Gasteiger partial charge in [0.25, 0.3) is 0 Å². The summed E-state index contributed by atoms with van der Waals surface area (Å²) in [6.45, 7) is 2.92. The van der Waals surface area contributed by atoms with E-state index in [0.717, 1.165) is 28.8 Å². The van der Waals surface area contributed by atoms with Crippen molar-refractivity contribution in [3.63, 3.8) is 0 Å². The Morgan fingerprint density at radius 2 is 2.16 bits per heavy atom. The van der Waals surface area contributed by atoms with Gasteiger partial charge in [-0.3, -0.25) is 4.98 Å². The third kappa shape index (κ3) is 2.27. The van der Waals surface area contributed by atoms with Crippen molar-refractivity contribution in [3.8, 4) is 0 Å². The normalized spacial score (nSPS) is 10.8. The number of nitrogen functional groups attached to an aromatic ring is 1. The third-order valence-corrected chi connectivity index (χ3v) is 4.17. The van der Waals surface area contributed by atoms with Crippen LogP contribution in [0.3, 0.4) is 0 Å². The maximum absolute atomic E-state index is 6.20. The number of thiophene rings is 1. The zero-order valence-electron chi connectivity index (χ0n) is 10.7. The van der Waals surface area contributed by atoms with Gasteiger partial charge < -0.3 is 11.1 Å². The van der Waals surface area contributed by atoms with Crippen LogP contribution in [-0.2, 0) is 6.54 Å². The maximum atomic E-state index is 6.20. The van der Waals surface area contributed by atoms with Crippen molar-refractivity contribution in [2.45, 2.75) is 13.5 Å². The number of nitrogens with one attached hydrogen (secondary N) is 1. The lowest BCUT2D eigenvalue weighted by molar-refractivity contribution is 1.14. The van der Waals surface area contributed by atoms with Crippen molar-refractivity contribution < 1.29 is 0 Å². The van der Waals surface area contributed by atoms with Crippen LogP contribution in [0.4, 0.5) is 11.4 Å². The minimum atomic E-state index is 0.762. The van der Waals surface area contributed by atoms with E-state index in [-0.39, 0.29) is 0 Å². The smallest absolute Gasteiger partial charge is 0.0724 e. The van der Waals surface area contributed by atoms with Crippen LogP contribution in [0, 0.1) is 6.92 Å². The van der Waals surface area contributed by atoms with E-state index in [1.807, 2.05) is 24.3 Å². The lowest BCUT2D eigenvalue weighted by Gasteiger charge is -2.11. The fraction of sp³-hybridized carbons (Fsp3) is 0.133. The van der Waals surface area contributed by atoms with Gasteiger partial charge in [-0.1, -0.05) is 0 Å². The summed E-state index contributed by atoms with van der Waals surface area (Å²) in [7, 11) is 0. The van der Waals surface area contributed by atoms with Gasteiger partial charge in [0, 0.05) is 18.1 Å². The van der Waals surface area contributed by atoms with E-state index in [2.05, 4.69) is 28.0 Å². The molecule has 0 saturated carbocycles. The van der Waals surface area contributed by atoms with Crippen LogP contribution in [0.2, 0.25) is 0 Å². The largest absolute Gasteiger partial charge is 0.397 e. The molecular formula is C15H15N3S. The summed E-state index contributed by atoms with van der Waals surface area (Å²) in [5.74, 6) is 0. The highest BCUT2D eigenvalue weighted by molar-refractivity contribution is 7.08. The Morgan fingerprint density at radius 1 is 1.26 bits per heavy atom. The zero-order chi connectivity index (χ0) is 13.2. The number of benzene rings is 1. The maximum Gasteiger partial charge on any atom is 0.0724 e. The minimum Gasteiger partial charge on any atom is -0.397 e. The highest BCUT2D eigenvalue weighted by atomic mass is 32.1. The Labute approximate surface area is 116 Å². The molecule has 19 heavy (non-hydrogen) atoms. The zero-order valence-corrected chi connectivity index (χ0v) is 11.5. The van der Waals surface area contributed by atoms with E-state index in [9.17, 15) is 0 Å². The van der Waals surface area contributed by atoms with Crippen LogP contribution in [0.1, 0.15) is 11.1 Å². The molecule has 0 spiro atoms. The number of rotatable bonds is 3. The van der Waals surface area contributed by atoms with Crippen LogP contribution < -0.4 is 11.1 Å². The minimum absolute atomic E-state index is 0.762. The van der Waals surface area contributed by atoms with Crippen LogP contribution in [0.25, 0.3) is 10.9 Å². The Morgan fingerprint density at radius 3 is 2.95 bits per heavy atom. The number of nitrogens with two attached hydrogens (primary N) is 1. The number of anilines is 2. The van der Waals surface area contributed by atoms with E-state index >= 15 is 0 Å². The lowest BCUT2D eigenvalue weighted by Crippen LogP contribution is -2.03. The molecule has 96 valence electrons. The first kappa shape index (κ1) is 12.0. The molecule has 0 aliphatic rings. The van der Waals surface area contributed by atoms with Crippen LogP contribution >= 0.6 is 11.3 Å². The van der Waals surface area contributed by atoms with Gasteiger partial charge in [-0.05, 0) is 53.1 Å². The molecule has 3 N–H and O–H groups in total. The summed E-state index contributed by atoms with van der Waals surface area (Å²) in [5, 5.41) is 8.72. The second-order valence-corrected chi connectivity index (χ2v) is 5.27. The molecule has 0 unspecified atom stereocenters. The Hall–Kier alpha value is -2.07. The molecule has 0 bridgehead atoms. The average Bonchev–Trinajstić information content (AvgIpc) is 2.84. The van der Waals surface area contributed by atoms with E-state index in [0.29, 0.717) is 0 Å². The average molecular weight is 269 g/mol. The first-order valence-corrected chi connectivity index (χ1v) is 7.09. The van der Waals surface area contributed by atoms with Crippen molar-refractivity contribution in [1.82, 2.24) is 4.98 Å². The molecule has 0 aliphatic heterocycles. The molecule has 3 nitrogen and oxygen atoms in total. The van der Waals surface area contributed by atoms with Crippen LogP contribution in [0.15, 0.2) is 41.2 Å². The highest BCUT2D eigenvalue weighted by Crippen LogP contribution is 2.28. The molecule has 0 atom stereocenters. The topological polar surface area (TPSA) is 50.9 Å². The summed E-state index contributed by atoms with van der Waals surface area (Å²) in [4.78, 5) is 4.30. The van der Waals surface area contributed by atoms with Gasteiger partial charge in [0.1, 0.15) is 0 Å². The molecule has 0 saturated heterocycles. The molecular weight excluding hydrogens is 254 g/mol. The molecule has 0 aliphatic carbocycles. The predicted molar refractivity (Wildman–Crippen MR) is 82.5 cm³/mol.